The van der Waals surface area contributed by atoms with E-state index in [-0.39, 0.29) is 12.5 Å². The predicted molar refractivity (Wildman–Crippen MR) is 104 cm³/mol. The van der Waals surface area contributed by atoms with Crippen molar-refractivity contribution in [3.05, 3.63) is 59.8 Å². The number of anilines is 2. The van der Waals surface area contributed by atoms with Gasteiger partial charge >= 0.3 is 0 Å². The molecule has 3 rings (SSSR count). The van der Waals surface area contributed by atoms with Crippen LogP contribution in [0.2, 0.25) is 0 Å². The summed E-state index contributed by atoms with van der Waals surface area (Å²) in [4.78, 5) is 17.0. The van der Waals surface area contributed by atoms with Crippen LogP contribution in [-0.4, -0.2) is 24.5 Å². The van der Waals surface area contributed by atoms with Crippen LogP contribution in [0.1, 0.15) is 15.9 Å². The maximum Gasteiger partial charge on any atom is 0.255 e. The molecule has 0 atom stereocenters. The largest absolute Gasteiger partial charge is 0.494 e. The van der Waals surface area contributed by atoms with E-state index in [1.807, 2.05) is 49.4 Å². The summed E-state index contributed by atoms with van der Waals surface area (Å²) < 4.78 is 5.40. The normalized spacial score (nSPS) is 10.2. The maximum atomic E-state index is 12.6. The summed E-state index contributed by atoms with van der Waals surface area (Å²) in [5, 5.41) is 6.87. The van der Waals surface area contributed by atoms with E-state index in [9.17, 15) is 4.79 Å². The zero-order valence-corrected chi connectivity index (χ0v) is 14.7. The minimum absolute atomic E-state index is 0.152. The number of benzene rings is 2. The summed E-state index contributed by atoms with van der Waals surface area (Å²) in [6.45, 7) is 2.16. The lowest BCUT2D eigenvalue weighted by Crippen LogP contribution is -2.24. The van der Waals surface area contributed by atoms with Crippen LogP contribution in [0.15, 0.2) is 48.7 Å². The number of nitrogens with one attached hydrogen (secondary N) is 2. The summed E-state index contributed by atoms with van der Waals surface area (Å²) in [7, 11) is 1.60. The Balaban J connectivity index is 2.19. The smallest absolute Gasteiger partial charge is 0.255 e. The van der Waals surface area contributed by atoms with E-state index < -0.39 is 0 Å². The van der Waals surface area contributed by atoms with Gasteiger partial charge < -0.3 is 15.4 Å². The van der Waals surface area contributed by atoms with Crippen molar-refractivity contribution in [2.45, 2.75) is 6.92 Å². The number of carbonyl (C=O) groups excluding carboxylic acids is 1. The third-order valence-corrected chi connectivity index (χ3v) is 4.08. The molecule has 0 bridgehead atoms. The van der Waals surface area contributed by atoms with Crippen molar-refractivity contribution in [3.63, 3.8) is 0 Å². The molecule has 0 aliphatic carbocycles. The van der Waals surface area contributed by atoms with Crippen molar-refractivity contribution in [1.29, 1.82) is 0 Å². The van der Waals surface area contributed by atoms with Gasteiger partial charge in [-0.25, -0.2) is 0 Å². The van der Waals surface area contributed by atoms with Crippen LogP contribution in [0.3, 0.4) is 0 Å². The zero-order chi connectivity index (χ0) is 18.5. The predicted octanol–water partition coefficient (Wildman–Crippen LogP) is 3.66. The van der Waals surface area contributed by atoms with Crippen LogP contribution in [0.5, 0.6) is 5.75 Å². The van der Waals surface area contributed by atoms with Gasteiger partial charge in [-0.1, -0.05) is 36.3 Å². The first-order valence-corrected chi connectivity index (χ1v) is 8.15. The van der Waals surface area contributed by atoms with Crippen molar-refractivity contribution >= 4 is 28.2 Å². The summed E-state index contributed by atoms with van der Waals surface area (Å²) in [6, 6.07) is 13.5. The molecule has 0 aliphatic heterocycles. The molecule has 0 spiro atoms. The Morgan fingerprint density at radius 2 is 2.04 bits per heavy atom. The van der Waals surface area contributed by atoms with E-state index in [1.165, 1.54) is 6.20 Å². The highest BCUT2D eigenvalue weighted by Crippen LogP contribution is 2.34. The lowest BCUT2D eigenvalue weighted by molar-refractivity contribution is 0.0959. The molecule has 2 aromatic carbocycles. The molecule has 0 unspecified atom stereocenters. The van der Waals surface area contributed by atoms with Gasteiger partial charge in [0.15, 0.2) is 0 Å². The molecular formula is C21H19N3O2. The van der Waals surface area contributed by atoms with Crippen LogP contribution in [-0.2, 0) is 0 Å². The maximum absolute atomic E-state index is 12.6. The molecule has 26 heavy (non-hydrogen) atoms. The number of nitrogens with zero attached hydrogens (tertiary/aromatic N) is 1. The van der Waals surface area contributed by atoms with Gasteiger partial charge in [-0.15, -0.1) is 6.42 Å². The summed E-state index contributed by atoms with van der Waals surface area (Å²) in [6.07, 6.45) is 6.79. The average molecular weight is 345 g/mol. The Kier molecular flexibility index (Phi) is 5.04. The lowest BCUT2D eigenvalue weighted by Gasteiger charge is -2.16. The quantitative estimate of drug-likeness (QED) is 0.693. The third-order valence-electron chi connectivity index (χ3n) is 4.08. The highest BCUT2D eigenvalue weighted by atomic mass is 16.5. The fourth-order valence-electron chi connectivity index (χ4n) is 2.74. The molecule has 1 amide bonds. The number of rotatable bonds is 5. The summed E-state index contributed by atoms with van der Waals surface area (Å²) in [5.41, 5.74) is 3.74. The van der Waals surface area contributed by atoms with Crippen LogP contribution in [0.25, 0.3) is 10.9 Å². The van der Waals surface area contributed by atoms with Crippen molar-refractivity contribution in [2.24, 2.45) is 0 Å². The highest BCUT2D eigenvalue weighted by Gasteiger charge is 2.17. The number of carbonyl (C=O) groups is 1. The van der Waals surface area contributed by atoms with Gasteiger partial charge in [-0.2, -0.15) is 0 Å². The van der Waals surface area contributed by atoms with Crippen molar-refractivity contribution < 1.29 is 9.53 Å². The number of hydrogen-bond donors (Lipinski definition) is 2. The first kappa shape index (κ1) is 17.3. The molecule has 2 N–H and O–H groups in total. The first-order valence-electron chi connectivity index (χ1n) is 8.15. The minimum Gasteiger partial charge on any atom is -0.494 e. The van der Waals surface area contributed by atoms with Crippen molar-refractivity contribution in [3.8, 4) is 18.1 Å². The number of ether oxygens (including phenoxy) is 1. The monoisotopic (exact) mass is 345 g/mol. The molecule has 0 saturated carbocycles. The molecule has 5 heteroatoms. The van der Waals surface area contributed by atoms with E-state index in [0.29, 0.717) is 22.5 Å². The molecule has 130 valence electrons. The van der Waals surface area contributed by atoms with Gasteiger partial charge in [0, 0.05) is 17.3 Å². The molecule has 0 fully saturated rings. The van der Waals surface area contributed by atoms with E-state index in [4.69, 9.17) is 11.2 Å². The van der Waals surface area contributed by atoms with Gasteiger partial charge in [0.2, 0.25) is 0 Å². The number of hydrogen-bond acceptors (Lipinski definition) is 4. The Morgan fingerprint density at radius 1 is 1.23 bits per heavy atom. The fraction of sp³-hybridized carbons (Fsp3) is 0.143. The fourth-order valence-corrected chi connectivity index (χ4v) is 2.74. The number of aromatic nitrogens is 1. The number of methoxy groups -OCH3 is 1. The number of para-hydroxylation sites is 2. The van der Waals surface area contributed by atoms with Crippen LogP contribution in [0.4, 0.5) is 11.4 Å². The minimum atomic E-state index is -0.281. The second-order valence-corrected chi connectivity index (χ2v) is 5.73. The van der Waals surface area contributed by atoms with Gasteiger partial charge in [0.05, 0.1) is 24.9 Å². The van der Waals surface area contributed by atoms with Gasteiger partial charge in [-0.05, 0) is 24.6 Å². The van der Waals surface area contributed by atoms with Gasteiger partial charge in [0.25, 0.3) is 5.91 Å². The molecular weight excluding hydrogens is 326 g/mol. The van der Waals surface area contributed by atoms with Gasteiger partial charge in [-0.3, -0.25) is 9.78 Å². The third kappa shape index (κ3) is 3.31. The number of pyridine rings is 1. The Hall–Kier alpha value is -3.52. The first-order chi connectivity index (χ1) is 12.7. The molecule has 0 saturated heterocycles. The number of fused-ring (bicyclic) bond motifs is 1. The Morgan fingerprint density at radius 3 is 2.77 bits per heavy atom. The number of aryl methyl sites for hydroxylation is 1. The molecule has 3 aromatic rings. The van der Waals surface area contributed by atoms with Crippen molar-refractivity contribution in [2.75, 3.05) is 19.0 Å². The molecule has 1 heterocycles. The number of amides is 1. The molecule has 0 radical (unpaired) electrons. The lowest BCUT2D eigenvalue weighted by atomic mass is 10.1. The topological polar surface area (TPSA) is 63.2 Å². The highest BCUT2D eigenvalue weighted by molar-refractivity contribution is 6.09. The second kappa shape index (κ2) is 7.58. The van der Waals surface area contributed by atoms with Crippen molar-refractivity contribution in [1.82, 2.24) is 10.3 Å². The standard InChI is InChI=1S/C21H19N3O2/c1-4-12-22-21(25)16-13-23-20-15(9-7-11-18(20)26-3)19(16)24-17-10-6-5-8-14(17)2/h1,5-11,13H,12H2,2-3H3,(H,22,25)(H,23,24). The summed E-state index contributed by atoms with van der Waals surface area (Å²) >= 11 is 0. The van der Waals surface area contributed by atoms with E-state index >= 15 is 0 Å². The van der Waals surface area contributed by atoms with Crippen LogP contribution in [0, 0.1) is 19.3 Å². The van der Waals surface area contributed by atoms with E-state index in [2.05, 4.69) is 21.5 Å². The average Bonchev–Trinajstić information content (AvgIpc) is 2.67. The SMILES string of the molecule is C#CCNC(=O)c1cnc2c(OC)cccc2c1Nc1ccccc1C. The van der Waals surface area contributed by atoms with E-state index in [0.717, 1.165) is 16.6 Å². The molecule has 0 aliphatic rings. The second-order valence-electron chi connectivity index (χ2n) is 5.73. The number of terminal acetylenes is 1. The zero-order valence-electron chi connectivity index (χ0n) is 14.7. The van der Waals surface area contributed by atoms with Crippen LogP contribution >= 0.6 is 0 Å². The summed E-state index contributed by atoms with van der Waals surface area (Å²) in [5.74, 6) is 2.77. The van der Waals surface area contributed by atoms with Crippen LogP contribution < -0.4 is 15.4 Å². The Labute approximate surface area is 152 Å². The molecule has 5 nitrogen and oxygen atoms in total. The van der Waals surface area contributed by atoms with E-state index in [1.54, 1.807) is 7.11 Å². The Bertz CT molecular complexity index is 1010. The molecule has 1 aromatic heterocycles. The van der Waals surface area contributed by atoms with Gasteiger partial charge in [0.1, 0.15) is 11.3 Å².